The number of sulfonamides is 1. The zero-order chi connectivity index (χ0) is 17.9. The molecule has 1 aliphatic rings. The van der Waals surface area contributed by atoms with Gasteiger partial charge in [-0.25, -0.2) is 8.42 Å². The third-order valence-electron chi connectivity index (χ3n) is 4.45. The number of nitrogens with zero attached hydrogens (tertiary/aromatic N) is 1. The lowest BCUT2D eigenvalue weighted by Gasteiger charge is -2.24. The van der Waals surface area contributed by atoms with Crippen molar-refractivity contribution in [3.63, 3.8) is 0 Å². The molecule has 0 saturated carbocycles. The van der Waals surface area contributed by atoms with Crippen LogP contribution in [0.1, 0.15) is 28.8 Å². The van der Waals surface area contributed by atoms with Gasteiger partial charge in [-0.1, -0.05) is 35.9 Å². The van der Waals surface area contributed by atoms with Gasteiger partial charge in [0.15, 0.2) is 0 Å². The van der Waals surface area contributed by atoms with Crippen LogP contribution in [0.15, 0.2) is 59.5 Å². The maximum atomic E-state index is 12.8. The molecular weight excluding hydrogens is 336 g/mol. The third kappa shape index (κ3) is 3.91. The molecule has 0 bridgehead atoms. The van der Waals surface area contributed by atoms with Crippen LogP contribution in [-0.4, -0.2) is 37.8 Å². The quantitative estimate of drug-likeness (QED) is 0.893. The third-order valence-corrected chi connectivity index (χ3v) is 6.42. The Labute approximate surface area is 148 Å². The first-order valence-corrected chi connectivity index (χ1v) is 9.84. The first-order chi connectivity index (χ1) is 12.0. The summed E-state index contributed by atoms with van der Waals surface area (Å²) in [5.41, 5.74) is 1.61. The molecule has 0 aromatic heterocycles. The highest BCUT2D eigenvalue weighted by atomic mass is 32.2. The van der Waals surface area contributed by atoms with Crippen LogP contribution in [0.3, 0.4) is 0 Å². The minimum absolute atomic E-state index is 0.173. The van der Waals surface area contributed by atoms with Crippen molar-refractivity contribution in [2.75, 3.05) is 13.1 Å². The Morgan fingerprint density at radius 1 is 1.16 bits per heavy atom. The molecule has 1 aliphatic heterocycles. The summed E-state index contributed by atoms with van der Waals surface area (Å²) >= 11 is 0. The van der Waals surface area contributed by atoms with Gasteiger partial charge in [-0.3, -0.25) is 4.79 Å². The summed E-state index contributed by atoms with van der Waals surface area (Å²) in [5, 5.41) is 2.88. The number of benzene rings is 2. The van der Waals surface area contributed by atoms with E-state index in [9.17, 15) is 13.2 Å². The predicted molar refractivity (Wildman–Crippen MR) is 96.9 cm³/mol. The van der Waals surface area contributed by atoms with E-state index < -0.39 is 10.0 Å². The van der Waals surface area contributed by atoms with Crippen molar-refractivity contribution < 1.29 is 13.2 Å². The fourth-order valence-electron chi connectivity index (χ4n) is 3.16. The molecule has 25 heavy (non-hydrogen) atoms. The largest absolute Gasteiger partial charge is 0.350 e. The summed E-state index contributed by atoms with van der Waals surface area (Å²) in [5.74, 6) is -0.173. The molecule has 6 heteroatoms. The summed E-state index contributed by atoms with van der Waals surface area (Å²) in [7, 11) is -3.53. The molecule has 1 N–H and O–H groups in total. The summed E-state index contributed by atoms with van der Waals surface area (Å²) in [6.07, 6.45) is 1.55. The van der Waals surface area contributed by atoms with E-state index >= 15 is 0 Å². The number of nitrogens with one attached hydrogen (secondary N) is 1. The van der Waals surface area contributed by atoms with Crippen LogP contribution in [-0.2, 0) is 10.0 Å². The Morgan fingerprint density at radius 3 is 2.64 bits per heavy atom. The molecule has 1 fully saturated rings. The van der Waals surface area contributed by atoms with Gasteiger partial charge in [-0.05, 0) is 44.0 Å². The number of amides is 1. The van der Waals surface area contributed by atoms with Gasteiger partial charge in [0.1, 0.15) is 0 Å². The Morgan fingerprint density at radius 2 is 1.92 bits per heavy atom. The second-order valence-corrected chi connectivity index (χ2v) is 8.19. The van der Waals surface area contributed by atoms with E-state index in [1.165, 1.54) is 4.31 Å². The van der Waals surface area contributed by atoms with Crippen molar-refractivity contribution in [3.05, 3.63) is 65.7 Å². The summed E-state index contributed by atoms with van der Waals surface area (Å²) in [6, 6.07) is 15.6. The number of aryl methyl sites for hydroxylation is 1. The van der Waals surface area contributed by atoms with Gasteiger partial charge < -0.3 is 5.32 Å². The standard InChI is InChI=1S/C19H22N2O3S/c1-15-7-5-8-16(13-15)19(22)20-14-17-9-6-12-21(17)25(23,24)18-10-3-2-4-11-18/h2-5,7-8,10-11,13,17H,6,9,12,14H2,1H3,(H,20,22)/t17-/m1/s1. The van der Waals surface area contributed by atoms with Crippen molar-refractivity contribution in [2.45, 2.75) is 30.7 Å². The number of hydrogen-bond acceptors (Lipinski definition) is 3. The Hall–Kier alpha value is -2.18. The molecule has 1 saturated heterocycles. The lowest BCUT2D eigenvalue weighted by Crippen LogP contribution is -2.43. The van der Waals surface area contributed by atoms with E-state index in [4.69, 9.17) is 0 Å². The fraction of sp³-hybridized carbons (Fsp3) is 0.316. The summed E-state index contributed by atoms with van der Waals surface area (Å²) in [4.78, 5) is 12.6. The topological polar surface area (TPSA) is 66.5 Å². The van der Waals surface area contributed by atoms with Crippen LogP contribution in [0.4, 0.5) is 0 Å². The van der Waals surface area contributed by atoms with E-state index in [1.54, 1.807) is 36.4 Å². The smallest absolute Gasteiger partial charge is 0.251 e. The molecule has 0 aliphatic carbocycles. The average Bonchev–Trinajstić information content (AvgIpc) is 3.10. The van der Waals surface area contributed by atoms with Gasteiger partial charge in [0.25, 0.3) is 5.91 Å². The van der Waals surface area contributed by atoms with Crippen molar-refractivity contribution >= 4 is 15.9 Å². The summed E-state index contributed by atoms with van der Waals surface area (Å²) < 4.78 is 27.1. The van der Waals surface area contributed by atoms with Crippen molar-refractivity contribution in [2.24, 2.45) is 0 Å². The van der Waals surface area contributed by atoms with Crippen LogP contribution in [0.25, 0.3) is 0 Å². The van der Waals surface area contributed by atoms with Gasteiger partial charge in [-0.15, -0.1) is 0 Å². The molecule has 5 nitrogen and oxygen atoms in total. The van der Waals surface area contributed by atoms with Crippen LogP contribution in [0.2, 0.25) is 0 Å². The maximum absolute atomic E-state index is 12.8. The minimum Gasteiger partial charge on any atom is -0.350 e. The molecule has 2 aromatic rings. The number of carbonyl (C=O) groups excluding carboxylic acids is 1. The average molecular weight is 358 g/mol. The normalized spacial score (nSPS) is 18.2. The molecule has 1 heterocycles. The molecule has 1 atom stereocenters. The summed E-state index contributed by atoms with van der Waals surface area (Å²) in [6.45, 7) is 2.74. The van der Waals surface area contributed by atoms with Crippen LogP contribution in [0, 0.1) is 6.92 Å². The highest BCUT2D eigenvalue weighted by Gasteiger charge is 2.35. The molecule has 132 valence electrons. The molecular formula is C19H22N2O3S. The number of hydrogen-bond donors (Lipinski definition) is 1. The number of rotatable bonds is 5. The van der Waals surface area contributed by atoms with Crippen LogP contribution < -0.4 is 5.32 Å². The van der Waals surface area contributed by atoms with E-state index in [2.05, 4.69) is 5.32 Å². The minimum atomic E-state index is -3.53. The van der Waals surface area contributed by atoms with E-state index in [-0.39, 0.29) is 11.9 Å². The van der Waals surface area contributed by atoms with Gasteiger partial charge in [0.05, 0.1) is 4.90 Å². The SMILES string of the molecule is Cc1cccc(C(=O)NC[C@H]2CCCN2S(=O)(=O)c2ccccc2)c1. The van der Waals surface area contributed by atoms with E-state index in [0.29, 0.717) is 23.5 Å². The van der Waals surface area contributed by atoms with Crippen LogP contribution >= 0.6 is 0 Å². The molecule has 1 amide bonds. The second kappa shape index (κ2) is 7.37. The Balaban J connectivity index is 1.69. The second-order valence-electron chi connectivity index (χ2n) is 6.30. The van der Waals surface area contributed by atoms with Gasteiger partial charge in [0.2, 0.25) is 10.0 Å². The first kappa shape index (κ1) is 17.6. The molecule has 0 spiro atoms. The fourth-order valence-corrected chi connectivity index (χ4v) is 4.87. The molecule has 0 radical (unpaired) electrons. The molecule has 0 unspecified atom stereocenters. The van der Waals surface area contributed by atoms with Crippen molar-refractivity contribution in [1.82, 2.24) is 9.62 Å². The predicted octanol–water partition coefficient (Wildman–Crippen LogP) is 2.58. The lowest BCUT2D eigenvalue weighted by atomic mass is 10.1. The highest BCUT2D eigenvalue weighted by Crippen LogP contribution is 2.25. The Kier molecular flexibility index (Phi) is 5.20. The first-order valence-electron chi connectivity index (χ1n) is 8.40. The monoisotopic (exact) mass is 358 g/mol. The Bertz CT molecular complexity index is 850. The zero-order valence-electron chi connectivity index (χ0n) is 14.2. The van der Waals surface area contributed by atoms with Gasteiger partial charge in [-0.2, -0.15) is 4.31 Å². The molecule has 3 rings (SSSR count). The zero-order valence-corrected chi connectivity index (χ0v) is 15.0. The number of carbonyl (C=O) groups is 1. The van der Waals surface area contributed by atoms with E-state index in [1.807, 2.05) is 25.1 Å². The lowest BCUT2D eigenvalue weighted by molar-refractivity contribution is 0.0946. The molecule has 2 aromatic carbocycles. The maximum Gasteiger partial charge on any atom is 0.251 e. The van der Waals surface area contributed by atoms with Gasteiger partial charge >= 0.3 is 0 Å². The van der Waals surface area contributed by atoms with Crippen molar-refractivity contribution in [3.8, 4) is 0 Å². The highest BCUT2D eigenvalue weighted by molar-refractivity contribution is 7.89. The van der Waals surface area contributed by atoms with E-state index in [0.717, 1.165) is 18.4 Å². The van der Waals surface area contributed by atoms with Crippen molar-refractivity contribution in [1.29, 1.82) is 0 Å². The van der Waals surface area contributed by atoms with Gasteiger partial charge in [0, 0.05) is 24.7 Å². The van der Waals surface area contributed by atoms with Crippen LogP contribution in [0.5, 0.6) is 0 Å².